The molecule has 0 unspecified atom stereocenters. The van der Waals surface area contributed by atoms with Gasteiger partial charge < -0.3 is 10.6 Å². The largest absolute Gasteiger partial charge is 0.356 e. The topological polar surface area (TPSA) is 58.2 Å². The fraction of sp³-hybridized carbons (Fsp3) is 0.750. The second-order valence-corrected chi connectivity index (χ2v) is 6.16. The second-order valence-electron chi connectivity index (χ2n) is 4.13. The Morgan fingerprint density at radius 2 is 1.18 bits per heavy atom. The fourth-order valence-corrected chi connectivity index (χ4v) is 2.94. The Balaban J connectivity index is -0.00000180. The van der Waals surface area contributed by atoms with E-state index in [0.29, 0.717) is 25.9 Å². The quantitative estimate of drug-likeness (QED) is 0.522. The van der Waals surface area contributed by atoms with Crippen LogP contribution in [0.25, 0.3) is 0 Å². The average molecular weight is 351 g/mol. The van der Waals surface area contributed by atoms with Crippen molar-refractivity contribution in [3.63, 3.8) is 0 Å². The number of hydrogen-bond acceptors (Lipinski definition) is 4. The van der Waals surface area contributed by atoms with Crippen molar-refractivity contribution < 1.29 is 9.59 Å². The first kappa shape index (κ1) is 26.3. The number of amides is 2. The third-order valence-corrected chi connectivity index (χ3v) is 4.21. The first-order valence-corrected chi connectivity index (χ1v) is 9.22. The van der Waals surface area contributed by atoms with Crippen molar-refractivity contribution in [1.82, 2.24) is 10.6 Å². The minimum atomic E-state index is 0. The molecule has 0 aromatic carbocycles. The summed E-state index contributed by atoms with van der Waals surface area (Å²) in [5, 5.41) is 9.70. The zero-order valence-corrected chi connectivity index (χ0v) is 14.1. The van der Waals surface area contributed by atoms with Gasteiger partial charge in [-0.25, -0.2) is 0 Å². The lowest BCUT2D eigenvalue weighted by Crippen LogP contribution is -2.22. The van der Waals surface area contributed by atoms with Gasteiger partial charge in [-0.3, -0.25) is 9.59 Å². The maximum atomic E-state index is 11.2. The number of rotatable bonds is 12. The van der Waals surface area contributed by atoms with Crippen molar-refractivity contribution in [3.8, 4) is 0 Å². The number of thioether (sulfide) groups is 2. The molecule has 0 aromatic rings. The summed E-state index contributed by atoms with van der Waals surface area (Å²) < 4.78 is 0. The molecule has 0 heterocycles. The van der Waals surface area contributed by atoms with Crippen LogP contribution in [0.4, 0.5) is 0 Å². The van der Waals surface area contributed by atoms with Gasteiger partial charge in [-0.05, 0) is 49.0 Å². The van der Waals surface area contributed by atoms with Crippen LogP contribution in [-0.2, 0) is 9.59 Å². The molecule has 6 heteroatoms. The predicted molar refractivity (Wildman–Crippen MR) is 103 cm³/mol. The normalized spacial score (nSPS) is 9.73. The van der Waals surface area contributed by atoms with E-state index in [-0.39, 0.29) is 26.7 Å². The Kier molecular flexibility index (Phi) is 24.4. The van der Waals surface area contributed by atoms with E-state index in [1.807, 2.05) is 13.8 Å². The summed E-state index contributed by atoms with van der Waals surface area (Å²) in [5.41, 5.74) is 0. The van der Waals surface area contributed by atoms with Crippen LogP contribution in [0.1, 0.15) is 54.4 Å². The van der Waals surface area contributed by atoms with Crippen molar-refractivity contribution in [1.29, 1.82) is 0 Å². The van der Waals surface area contributed by atoms with E-state index in [2.05, 4.69) is 21.4 Å². The van der Waals surface area contributed by atoms with Gasteiger partial charge in [-0.1, -0.05) is 14.9 Å². The lowest BCUT2D eigenvalue weighted by molar-refractivity contribution is -0.121. The van der Waals surface area contributed by atoms with Gasteiger partial charge in [0.05, 0.1) is 0 Å². The summed E-state index contributed by atoms with van der Waals surface area (Å²) in [4.78, 5) is 22.4. The summed E-state index contributed by atoms with van der Waals surface area (Å²) in [7, 11) is 0. The fourth-order valence-electron chi connectivity index (χ4n) is 1.42. The number of nitrogens with one attached hydrogen (secondary N) is 2. The zero-order chi connectivity index (χ0) is 15.1. The monoisotopic (exact) mass is 350 g/mol. The third kappa shape index (κ3) is 19.4. The zero-order valence-electron chi connectivity index (χ0n) is 12.4. The number of carbonyl (C=O) groups excluding carboxylic acids is 2. The molecule has 0 bridgehead atoms. The maximum absolute atomic E-state index is 11.2. The molecule has 0 aliphatic carbocycles. The van der Waals surface area contributed by atoms with Gasteiger partial charge in [0, 0.05) is 25.9 Å². The van der Waals surface area contributed by atoms with E-state index in [9.17, 15) is 9.59 Å². The molecule has 22 heavy (non-hydrogen) atoms. The molecular formula is C16H34N2O2S2. The summed E-state index contributed by atoms with van der Waals surface area (Å²) in [6, 6.07) is 0. The lowest BCUT2D eigenvalue weighted by atomic mass is 10.3. The SMILES string of the molecule is C.C.CCNC(=O)CCCS/C=C\SCCCC(=O)NCC. The maximum Gasteiger partial charge on any atom is 0.220 e. The van der Waals surface area contributed by atoms with Gasteiger partial charge >= 0.3 is 0 Å². The Morgan fingerprint density at radius 3 is 1.50 bits per heavy atom. The van der Waals surface area contributed by atoms with Crippen LogP contribution in [0, 0.1) is 0 Å². The molecule has 0 fully saturated rings. The summed E-state index contributed by atoms with van der Waals surface area (Å²) in [6.07, 6.45) is 3.02. The summed E-state index contributed by atoms with van der Waals surface area (Å²) in [5.74, 6) is 2.20. The predicted octanol–water partition coefficient (Wildman–Crippen LogP) is 4.03. The molecule has 0 saturated carbocycles. The van der Waals surface area contributed by atoms with E-state index in [1.54, 1.807) is 23.5 Å². The molecule has 0 aromatic heterocycles. The second kappa shape index (κ2) is 20.4. The first-order valence-electron chi connectivity index (χ1n) is 7.12. The Bertz CT molecular complexity index is 270. The first-order chi connectivity index (χ1) is 9.70. The summed E-state index contributed by atoms with van der Waals surface area (Å²) >= 11 is 3.45. The van der Waals surface area contributed by atoms with Crippen LogP contribution in [0.15, 0.2) is 10.8 Å². The highest BCUT2D eigenvalue weighted by Crippen LogP contribution is 2.12. The van der Waals surface area contributed by atoms with E-state index in [0.717, 1.165) is 24.3 Å². The van der Waals surface area contributed by atoms with Crippen LogP contribution in [0.2, 0.25) is 0 Å². The van der Waals surface area contributed by atoms with Crippen molar-refractivity contribution in [2.45, 2.75) is 54.4 Å². The molecule has 132 valence electrons. The highest BCUT2D eigenvalue weighted by atomic mass is 32.2. The van der Waals surface area contributed by atoms with Gasteiger partial charge in [0.15, 0.2) is 0 Å². The van der Waals surface area contributed by atoms with Crippen LogP contribution >= 0.6 is 23.5 Å². The Labute approximate surface area is 145 Å². The molecule has 0 aliphatic rings. The van der Waals surface area contributed by atoms with Gasteiger partial charge in [0.2, 0.25) is 11.8 Å². The van der Waals surface area contributed by atoms with Gasteiger partial charge in [-0.15, -0.1) is 23.5 Å². The molecule has 4 nitrogen and oxygen atoms in total. The number of carbonyl (C=O) groups is 2. The van der Waals surface area contributed by atoms with Crippen LogP contribution in [-0.4, -0.2) is 36.4 Å². The van der Waals surface area contributed by atoms with Crippen molar-refractivity contribution >= 4 is 35.3 Å². The third-order valence-electron chi connectivity index (χ3n) is 2.33. The molecule has 0 spiro atoms. The molecule has 0 saturated heterocycles. The van der Waals surface area contributed by atoms with Crippen molar-refractivity contribution in [2.24, 2.45) is 0 Å². The number of hydrogen-bond donors (Lipinski definition) is 2. The Hall–Kier alpha value is -0.620. The molecule has 0 aliphatic heterocycles. The highest BCUT2D eigenvalue weighted by molar-refractivity contribution is 8.05. The van der Waals surface area contributed by atoms with Crippen LogP contribution < -0.4 is 10.6 Å². The van der Waals surface area contributed by atoms with Crippen molar-refractivity contribution in [3.05, 3.63) is 10.8 Å². The lowest BCUT2D eigenvalue weighted by Gasteiger charge is -2.01. The molecular weight excluding hydrogens is 316 g/mol. The molecule has 0 atom stereocenters. The molecule has 2 N–H and O–H groups in total. The van der Waals surface area contributed by atoms with E-state index in [4.69, 9.17) is 0 Å². The van der Waals surface area contributed by atoms with Crippen LogP contribution in [0.3, 0.4) is 0 Å². The highest BCUT2D eigenvalue weighted by Gasteiger charge is 1.98. The smallest absolute Gasteiger partial charge is 0.220 e. The van der Waals surface area contributed by atoms with Gasteiger partial charge in [-0.2, -0.15) is 0 Å². The molecule has 0 rings (SSSR count). The van der Waals surface area contributed by atoms with Crippen LogP contribution in [0.5, 0.6) is 0 Å². The summed E-state index contributed by atoms with van der Waals surface area (Å²) in [6.45, 7) is 5.27. The standard InChI is InChI=1S/C14H26N2O2S2.2CH4/c1-3-15-13(17)7-5-9-19-11-12-20-10-6-8-14(18)16-4-2;;/h11-12H,3-10H2,1-2H3,(H,15,17)(H,16,18);2*1H4/b12-11-;;. The Morgan fingerprint density at radius 1 is 0.818 bits per heavy atom. The van der Waals surface area contributed by atoms with E-state index in [1.165, 1.54) is 0 Å². The minimum Gasteiger partial charge on any atom is -0.356 e. The van der Waals surface area contributed by atoms with Gasteiger partial charge in [0.25, 0.3) is 0 Å². The van der Waals surface area contributed by atoms with E-state index < -0.39 is 0 Å². The molecule has 2 amide bonds. The van der Waals surface area contributed by atoms with Crippen molar-refractivity contribution in [2.75, 3.05) is 24.6 Å². The van der Waals surface area contributed by atoms with Gasteiger partial charge in [0.1, 0.15) is 0 Å². The van der Waals surface area contributed by atoms with E-state index >= 15 is 0 Å². The average Bonchev–Trinajstić information content (AvgIpc) is 2.41. The minimum absolute atomic E-state index is 0. The molecule has 0 radical (unpaired) electrons.